The number of likely N-dealkylation sites (tertiary alicyclic amines) is 1. The van der Waals surface area contributed by atoms with Crippen molar-refractivity contribution in [1.29, 1.82) is 0 Å². The first-order chi connectivity index (χ1) is 7.83. The molecule has 2 rings (SSSR count). The van der Waals surface area contributed by atoms with Gasteiger partial charge >= 0.3 is 0 Å². The normalized spacial score (nSPS) is 22.5. The van der Waals surface area contributed by atoms with Gasteiger partial charge in [-0.25, -0.2) is 9.07 Å². The van der Waals surface area contributed by atoms with Crippen LogP contribution in [0.4, 0.5) is 4.39 Å². The maximum Gasteiger partial charge on any atom is 0.108 e. The van der Waals surface area contributed by atoms with E-state index in [0.717, 1.165) is 25.9 Å². The summed E-state index contributed by atoms with van der Waals surface area (Å²) in [6.07, 6.45) is 3.86. The van der Waals surface area contributed by atoms with Crippen molar-refractivity contribution in [3.05, 3.63) is 11.9 Å². The van der Waals surface area contributed by atoms with E-state index in [1.807, 2.05) is 0 Å². The number of nitrogens with zero attached hydrogens (tertiary/aromatic N) is 4. The molecular weight excluding hydrogens is 211 g/mol. The summed E-state index contributed by atoms with van der Waals surface area (Å²) < 4.78 is 14.0. The zero-order valence-electron chi connectivity index (χ0n) is 9.22. The van der Waals surface area contributed by atoms with E-state index in [4.69, 9.17) is 5.11 Å². The van der Waals surface area contributed by atoms with Gasteiger partial charge in [-0.15, -0.1) is 5.10 Å². The zero-order valence-corrected chi connectivity index (χ0v) is 9.22. The second-order valence-electron chi connectivity index (χ2n) is 4.13. The summed E-state index contributed by atoms with van der Waals surface area (Å²) in [5.41, 5.74) is 0.586. The Hall–Kier alpha value is -1.01. The van der Waals surface area contributed by atoms with Crippen LogP contribution in [0.5, 0.6) is 0 Å². The zero-order chi connectivity index (χ0) is 11.4. The highest BCUT2D eigenvalue weighted by Gasteiger charge is 2.21. The van der Waals surface area contributed by atoms with Crippen LogP contribution in [-0.2, 0) is 6.61 Å². The molecule has 1 atom stereocenters. The highest BCUT2D eigenvalue weighted by Crippen LogP contribution is 2.20. The van der Waals surface area contributed by atoms with Crippen LogP contribution in [0.25, 0.3) is 0 Å². The molecule has 1 fully saturated rings. The quantitative estimate of drug-likeness (QED) is 0.809. The van der Waals surface area contributed by atoms with Crippen molar-refractivity contribution in [1.82, 2.24) is 19.9 Å². The minimum absolute atomic E-state index is 0.0824. The van der Waals surface area contributed by atoms with Crippen LogP contribution < -0.4 is 0 Å². The van der Waals surface area contributed by atoms with Crippen molar-refractivity contribution in [3.63, 3.8) is 0 Å². The topological polar surface area (TPSA) is 54.2 Å². The lowest BCUT2D eigenvalue weighted by molar-refractivity contribution is 0.158. The number of hydrogen-bond acceptors (Lipinski definition) is 4. The van der Waals surface area contributed by atoms with Crippen molar-refractivity contribution in [2.45, 2.75) is 25.5 Å². The van der Waals surface area contributed by atoms with Crippen LogP contribution in [0.15, 0.2) is 6.20 Å². The SMILES string of the molecule is OCc1cn(C2CCCN(CCF)C2)nn1. The Labute approximate surface area is 93.9 Å². The Balaban J connectivity index is 1.98. The van der Waals surface area contributed by atoms with Gasteiger partial charge in [0.05, 0.1) is 18.8 Å². The highest BCUT2D eigenvalue weighted by atomic mass is 19.1. The number of aromatic nitrogens is 3. The van der Waals surface area contributed by atoms with E-state index < -0.39 is 0 Å². The van der Waals surface area contributed by atoms with Crippen molar-refractivity contribution in [2.24, 2.45) is 0 Å². The predicted octanol–water partition coefficient (Wildman–Crippen LogP) is 0.377. The monoisotopic (exact) mass is 228 g/mol. The van der Waals surface area contributed by atoms with E-state index in [9.17, 15) is 4.39 Å². The number of rotatable bonds is 4. The Morgan fingerprint density at radius 1 is 1.56 bits per heavy atom. The molecule has 1 saturated heterocycles. The van der Waals surface area contributed by atoms with Crippen molar-refractivity contribution in [2.75, 3.05) is 26.3 Å². The molecule has 1 aliphatic heterocycles. The van der Waals surface area contributed by atoms with Gasteiger partial charge in [-0.2, -0.15) is 0 Å². The molecule has 0 aliphatic carbocycles. The Kier molecular flexibility index (Phi) is 3.84. The van der Waals surface area contributed by atoms with E-state index in [0.29, 0.717) is 12.2 Å². The Morgan fingerprint density at radius 2 is 2.44 bits per heavy atom. The van der Waals surface area contributed by atoms with Crippen molar-refractivity contribution < 1.29 is 9.50 Å². The molecule has 0 saturated carbocycles. The molecule has 0 aromatic carbocycles. The number of halogens is 1. The fourth-order valence-electron chi connectivity index (χ4n) is 2.13. The molecule has 1 N–H and O–H groups in total. The molecule has 1 aliphatic rings. The molecule has 0 radical (unpaired) electrons. The summed E-state index contributed by atoms with van der Waals surface area (Å²) in [5.74, 6) is 0. The standard InChI is InChI=1S/C10H17FN4O/c11-3-5-14-4-1-2-10(7-14)15-6-9(8-16)12-13-15/h6,10,16H,1-5,7-8H2. The number of aliphatic hydroxyl groups is 1. The summed E-state index contributed by atoms with van der Waals surface area (Å²) in [4.78, 5) is 2.11. The van der Waals surface area contributed by atoms with Gasteiger partial charge in [0.1, 0.15) is 12.4 Å². The Morgan fingerprint density at radius 3 is 3.12 bits per heavy atom. The van der Waals surface area contributed by atoms with Crippen LogP contribution in [0.1, 0.15) is 24.6 Å². The fraction of sp³-hybridized carbons (Fsp3) is 0.800. The first-order valence-electron chi connectivity index (χ1n) is 5.63. The molecule has 1 unspecified atom stereocenters. The van der Waals surface area contributed by atoms with Gasteiger partial charge in [-0.3, -0.25) is 4.90 Å². The van der Waals surface area contributed by atoms with Gasteiger partial charge in [-0.05, 0) is 19.4 Å². The number of alkyl halides is 1. The Bertz CT molecular complexity index is 328. The third-order valence-corrected chi connectivity index (χ3v) is 2.98. The summed E-state index contributed by atoms with van der Waals surface area (Å²) >= 11 is 0. The summed E-state index contributed by atoms with van der Waals surface area (Å²) in [7, 11) is 0. The fourth-order valence-corrected chi connectivity index (χ4v) is 2.13. The van der Waals surface area contributed by atoms with Gasteiger partial charge in [0.25, 0.3) is 0 Å². The lowest BCUT2D eigenvalue weighted by Crippen LogP contribution is -2.37. The molecule has 5 nitrogen and oxygen atoms in total. The third kappa shape index (κ3) is 2.56. The molecule has 2 heterocycles. The first kappa shape index (κ1) is 11.5. The van der Waals surface area contributed by atoms with Crippen LogP contribution in [0.3, 0.4) is 0 Å². The summed E-state index contributed by atoms with van der Waals surface area (Å²) in [5, 5.41) is 16.8. The van der Waals surface area contributed by atoms with Crippen molar-refractivity contribution >= 4 is 0 Å². The van der Waals surface area contributed by atoms with E-state index in [2.05, 4.69) is 15.2 Å². The number of hydrogen-bond donors (Lipinski definition) is 1. The summed E-state index contributed by atoms with van der Waals surface area (Å²) in [6.45, 7) is 1.89. The van der Waals surface area contributed by atoms with Gasteiger partial charge < -0.3 is 5.11 Å². The lowest BCUT2D eigenvalue weighted by Gasteiger charge is -2.31. The molecule has 1 aromatic heterocycles. The largest absolute Gasteiger partial charge is 0.390 e. The maximum absolute atomic E-state index is 12.3. The van der Waals surface area contributed by atoms with Crippen LogP contribution in [0.2, 0.25) is 0 Å². The number of piperidine rings is 1. The van der Waals surface area contributed by atoms with Gasteiger partial charge in [0.2, 0.25) is 0 Å². The minimum Gasteiger partial charge on any atom is -0.390 e. The average Bonchev–Trinajstić information content (AvgIpc) is 2.78. The van der Waals surface area contributed by atoms with Crippen molar-refractivity contribution in [3.8, 4) is 0 Å². The van der Waals surface area contributed by atoms with Gasteiger partial charge in [0, 0.05) is 13.1 Å². The summed E-state index contributed by atoms with van der Waals surface area (Å²) in [6, 6.07) is 0.257. The van der Waals surface area contributed by atoms with Gasteiger partial charge in [0.15, 0.2) is 0 Å². The van der Waals surface area contributed by atoms with E-state index >= 15 is 0 Å². The third-order valence-electron chi connectivity index (χ3n) is 2.98. The maximum atomic E-state index is 12.3. The molecule has 1 aromatic rings. The molecule has 0 spiro atoms. The van der Waals surface area contributed by atoms with E-state index in [1.165, 1.54) is 0 Å². The molecule has 0 amide bonds. The molecule has 6 heteroatoms. The lowest BCUT2D eigenvalue weighted by atomic mass is 10.1. The first-order valence-corrected chi connectivity index (χ1v) is 5.63. The van der Waals surface area contributed by atoms with E-state index in [1.54, 1.807) is 10.9 Å². The second-order valence-corrected chi connectivity index (χ2v) is 4.13. The van der Waals surface area contributed by atoms with Crippen LogP contribution in [0, 0.1) is 0 Å². The molecule has 90 valence electrons. The molecular formula is C10H17FN4O. The van der Waals surface area contributed by atoms with Crippen LogP contribution >= 0.6 is 0 Å². The highest BCUT2D eigenvalue weighted by molar-refractivity contribution is 4.91. The van der Waals surface area contributed by atoms with Gasteiger partial charge in [-0.1, -0.05) is 5.21 Å². The number of aliphatic hydroxyl groups excluding tert-OH is 1. The van der Waals surface area contributed by atoms with E-state index in [-0.39, 0.29) is 19.3 Å². The van der Waals surface area contributed by atoms with Crippen LogP contribution in [-0.4, -0.2) is 51.3 Å². The molecule has 0 bridgehead atoms. The predicted molar refractivity (Wildman–Crippen MR) is 56.6 cm³/mol. The average molecular weight is 228 g/mol. The second kappa shape index (κ2) is 5.36. The minimum atomic E-state index is -0.300. The molecule has 16 heavy (non-hydrogen) atoms. The smallest absolute Gasteiger partial charge is 0.108 e.